The molecule has 4 heterocycles. The minimum Gasteiger partial charge on any atom is -0.512 e. The number of nitrogens with zero attached hydrogens (tertiary/aromatic N) is 2. The van der Waals surface area contributed by atoms with Gasteiger partial charge in [0.25, 0.3) is 0 Å². The maximum atomic E-state index is 12.2. The number of hydrogen-bond donors (Lipinski definition) is 1. The van der Waals surface area contributed by atoms with E-state index in [1.54, 1.807) is 40.3 Å². The van der Waals surface area contributed by atoms with Crippen LogP contribution in [0.15, 0.2) is 59.3 Å². The van der Waals surface area contributed by atoms with E-state index in [-0.39, 0.29) is 47.9 Å². The van der Waals surface area contributed by atoms with Crippen molar-refractivity contribution in [2.45, 2.75) is 93.4 Å². The first kappa shape index (κ1) is 37.3. The van der Waals surface area contributed by atoms with Crippen LogP contribution in [0, 0.1) is 16.9 Å². The Morgan fingerprint density at radius 1 is 0.851 bits per heavy atom. The molecule has 0 saturated carbocycles. The van der Waals surface area contributed by atoms with E-state index in [4.69, 9.17) is 4.98 Å². The molecule has 1 radical (unpaired) electrons. The molecule has 0 bridgehead atoms. The predicted molar refractivity (Wildman–Crippen MR) is 202 cm³/mol. The number of fused-ring (bicyclic) bond motifs is 6. The van der Waals surface area contributed by atoms with Crippen LogP contribution >= 0.6 is 34.0 Å². The van der Waals surface area contributed by atoms with E-state index in [1.165, 1.54) is 41.9 Å². The molecule has 0 aliphatic heterocycles. The van der Waals surface area contributed by atoms with Crippen molar-refractivity contribution in [1.29, 1.82) is 0 Å². The first-order valence-electron chi connectivity index (χ1n) is 16.2. The number of rotatable bonds is 8. The third-order valence-electron chi connectivity index (χ3n) is 9.99. The standard InChI is InChI=1S/C24H17N2S3.C15H28O2.Ir/c1-24(2,3)16-11-15(10-14-7-9-27-21(14)16)20-19-18-17(29-23(19)26-12-25-20)5-4-13-6-8-28-22(13)18;1-7-14(5,8-2)12(16)11-13(17)15(6,9-3)10-4;/h4-9,11-12H,1-3H3;11,16H,7-10H2,1-6H3;/q-1;;/b;12-11-;. The quantitative estimate of drug-likeness (QED) is 0.0941. The number of benzene rings is 2. The third kappa shape index (κ3) is 7.14. The van der Waals surface area contributed by atoms with E-state index in [1.807, 2.05) is 41.5 Å². The van der Waals surface area contributed by atoms with Gasteiger partial charge in [-0.2, -0.15) is 11.3 Å². The second kappa shape index (κ2) is 14.6. The Bertz CT molecular complexity index is 2050. The minimum atomic E-state index is -0.337. The second-order valence-corrected chi connectivity index (χ2v) is 16.6. The molecule has 0 amide bonds. The molecule has 4 aromatic heterocycles. The number of aromatic nitrogens is 2. The zero-order valence-corrected chi connectivity index (χ0v) is 33.7. The summed E-state index contributed by atoms with van der Waals surface area (Å²) in [4.78, 5) is 22.6. The first-order valence-corrected chi connectivity index (χ1v) is 18.8. The van der Waals surface area contributed by atoms with Crippen LogP contribution in [-0.2, 0) is 30.3 Å². The molecule has 0 fully saturated rings. The third-order valence-corrected chi connectivity index (χ3v) is 12.9. The van der Waals surface area contributed by atoms with Crippen molar-refractivity contribution in [1.82, 2.24) is 9.97 Å². The van der Waals surface area contributed by atoms with Gasteiger partial charge in [-0.15, -0.1) is 46.3 Å². The minimum absolute atomic E-state index is 0. The van der Waals surface area contributed by atoms with Gasteiger partial charge in [0.1, 0.15) is 16.9 Å². The zero-order valence-electron chi connectivity index (χ0n) is 28.8. The van der Waals surface area contributed by atoms with Crippen LogP contribution in [0.3, 0.4) is 0 Å². The van der Waals surface area contributed by atoms with Crippen molar-refractivity contribution >= 4 is 80.3 Å². The molecule has 0 spiro atoms. The molecule has 0 aliphatic rings. The maximum absolute atomic E-state index is 12.2. The number of allylic oxidation sites excluding steroid dienone is 2. The van der Waals surface area contributed by atoms with Gasteiger partial charge in [0, 0.05) is 62.9 Å². The second-order valence-electron chi connectivity index (χ2n) is 13.7. The summed E-state index contributed by atoms with van der Waals surface area (Å²) >= 11 is 5.34. The van der Waals surface area contributed by atoms with E-state index in [9.17, 15) is 9.90 Å². The predicted octanol–water partition coefficient (Wildman–Crippen LogP) is 12.7. The number of aliphatic hydroxyl groups is 1. The maximum Gasteiger partial charge on any atom is 0.164 e. The molecule has 0 saturated heterocycles. The topological polar surface area (TPSA) is 63.1 Å². The molecule has 6 rings (SSSR count). The van der Waals surface area contributed by atoms with E-state index in [0.717, 1.165) is 47.2 Å². The Labute approximate surface area is 304 Å². The van der Waals surface area contributed by atoms with Gasteiger partial charge in [-0.3, -0.25) is 9.78 Å². The van der Waals surface area contributed by atoms with E-state index >= 15 is 0 Å². The molecule has 0 aliphatic carbocycles. The Morgan fingerprint density at radius 2 is 1.49 bits per heavy atom. The zero-order chi connectivity index (χ0) is 33.4. The van der Waals surface area contributed by atoms with Crippen molar-refractivity contribution in [2.75, 3.05) is 0 Å². The van der Waals surface area contributed by atoms with Crippen LogP contribution in [0.4, 0.5) is 0 Å². The molecule has 1 N–H and O–H groups in total. The fraction of sp³-hybridized carbons (Fsp3) is 0.410. The number of carbonyl (C=O) groups is 1. The van der Waals surface area contributed by atoms with E-state index in [0.29, 0.717) is 0 Å². The number of hydrogen-bond acceptors (Lipinski definition) is 7. The van der Waals surface area contributed by atoms with Gasteiger partial charge in [-0.05, 0) is 64.1 Å². The van der Waals surface area contributed by atoms with Crippen LogP contribution in [0.2, 0.25) is 0 Å². The van der Waals surface area contributed by atoms with Crippen LogP contribution in [0.25, 0.3) is 51.7 Å². The summed E-state index contributed by atoms with van der Waals surface area (Å²) < 4.78 is 3.91. The van der Waals surface area contributed by atoms with Crippen LogP contribution in [0.1, 0.15) is 93.6 Å². The molecule has 4 nitrogen and oxygen atoms in total. The Kier molecular flexibility index (Phi) is 11.6. The average molecular weight is 862 g/mol. The van der Waals surface area contributed by atoms with Gasteiger partial charge in [0.15, 0.2) is 5.78 Å². The van der Waals surface area contributed by atoms with Gasteiger partial charge in [0.2, 0.25) is 0 Å². The largest absolute Gasteiger partial charge is 0.512 e. The molecule has 2 aromatic carbocycles. The molecule has 47 heavy (non-hydrogen) atoms. The monoisotopic (exact) mass is 862 g/mol. The summed E-state index contributed by atoms with van der Waals surface area (Å²) in [6, 6.07) is 14.7. The summed E-state index contributed by atoms with van der Waals surface area (Å²) in [5.74, 6) is 0.286. The number of aliphatic hydroxyl groups excluding tert-OH is 1. The molecule has 251 valence electrons. The van der Waals surface area contributed by atoms with Crippen molar-refractivity contribution in [2.24, 2.45) is 10.8 Å². The van der Waals surface area contributed by atoms with Crippen molar-refractivity contribution in [3.63, 3.8) is 0 Å². The summed E-state index contributed by atoms with van der Waals surface area (Å²) in [5.41, 5.74) is 2.84. The van der Waals surface area contributed by atoms with E-state index < -0.39 is 0 Å². The Balaban J connectivity index is 0.000000242. The van der Waals surface area contributed by atoms with Crippen molar-refractivity contribution < 1.29 is 30.0 Å². The van der Waals surface area contributed by atoms with Crippen molar-refractivity contribution in [3.8, 4) is 11.3 Å². The molecular weight excluding hydrogens is 817 g/mol. The normalized spacial score (nSPS) is 12.8. The number of ketones is 1. The number of carbonyl (C=O) groups excluding carboxylic acids is 1. The van der Waals surface area contributed by atoms with Crippen molar-refractivity contribution in [3.05, 3.63) is 70.9 Å². The molecule has 6 aromatic rings. The SMILES string of the molecule is CC(C)(C)c1cc(-c2ncnc3sc4ccc5ccsc5c4c23)[c-]c2ccsc12.CCC(C)(CC)C(=O)/C=C(\O)C(C)(CC)CC.[Ir]. The summed E-state index contributed by atoms with van der Waals surface area (Å²) in [7, 11) is 0. The summed E-state index contributed by atoms with van der Waals surface area (Å²) in [6.07, 6.45) is 6.45. The Morgan fingerprint density at radius 3 is 2.13 bits per heavy atom. The first-order chi connectivity index (χ1) is 21.8. The smallest absolute Gasteiger partial charge is 0.164 e. The molecule has 0 atom stereocenters. The van der Waals surface area contributed by atoms with E-state index in [2.05, 4.69) is 72.9 Å². The molecule has 8 heteroatoms. The van der Waals surface area contributed by atoms with Crippen LogP contribution in [-0.4, -0.2) is 20.9 Å². The Hall–Kier alpha value is -2.48. The van der Waals surface area contributed by atoms with Gasteiger partial charge < -0.3 is 5.11 Å². The summed E-state index contributed by atoms with van der Waals surface area (Å²) in [5, 5.41) is 19.3. The van der Waals surface area contributed by atoms with Gasteiger partial charge in [-0.25, -0.2) is 4.98 Å². The van der Waals surface area contributed by atoms with Crippen LogP contribution in [0.5, 0.6) is 0 Å². The van der Waals surface area contributed by atoms with Crippen LogP contribution < -0.4 is 0 Å². The molecule has 0 unspecified atom stereocenters. The molecular formula is C39H45IrN2O2S3-. The van der Waals surface area contributed by atoms with Gasteiger partial charge in [-0.1, -0.05) is 79.5 Å². The number of thiophene rings is 3. The fourth-order valence-corrected chi connectivity index (χ4v) is 8.84. The fourth-order valence-electron chi connectivity index (χ4n) is 5.69. The van der Waals surface area contributed by atoms with Gasteiger partial charge in [0.05, 0.1) is 0 Å². The van der Waals surface area contributed by atoms with Gasteiger partial charge >= 0.3 is 0 Å². The summed E-state index contributed by atoms with van der Waals surface area (Å²) in [6.45, 7) is 18.9. The average Bonchev–Trinajstić information content (AvgIpc) is 3.80.